The van der Waals surface area contributed by atoms with Gasteiger partial charge in [0.05, 0.1) is 22.5 Å². The summed E-state index contributed by atoms with van der Waals surface area (Å²) >= 11 is 0. The molecule has 0 unspecified atom stereocenters. The second kappa shape index (κ2) is 16.7. The molecule has 0 saturated heterocycles. The standard InChI is InChI=1S/C64H51BN4/c1-63(2,3)52-27-17-44(18-28-52)46-21-31-54(32-22-46)68-58-35-25-48(42-13-9-7-10-14-42)38-56(58)65-57-39-49(43-15-11-8-12-16-43)26-36-59(57)69(62-51(41-67)37-50(40-66)61(68)60(62)65)55-33-23-47(24-34-55)45-19-29-53(30-20-45)64(4,5)6/h7-39H,1-6H3. The number of hydrogen-bond acceptors (Lipinski definition) is 4. The molecule has 0 radical (unpaired) electrons. The molecule has 9 aromatic carbocycles. The predicted molar refractivity (Wildman–Crippen MR) is 289 cm³/mol. The molecule has 0 aliphatic carbocycles. The van der Waals surface area contributed by atoms with Crippen molar-refractivity contribution in [3.63, 3.8) is 0 Å². The van der Waals surface area contributed by atoms with Gasteiger partial charge in [-0.1, -0.05) is 199 Å². The molecule has 0 atom stereocenters. The highest BCUT2D eigenvalue weighted by Crippen LogP contribution is 2.48. The van der Waals surface area contributed by atoms with Gasteiger partial charge in [-0.05, 0) is 125 Å². The highest BCUT2D eigenvalue weighted by Gasteiger charge is 2.46. The van der Waals surface area contributed by atoms with Gasteiger partial charge in [0.15, 0.2) is 0 Å². The molecule has 11 rings (SSSR count). The van der Waals surface area contributed by atoms with Gasteiger partial charge in [-0.2, -0.15) is 10.5 Å². The topological polar surface area (TPSA) is 54.1 Å². The third-order valence-corrected chi connectivity index (χ3v) is 14.1. The van der Waals surface area contributed by atoms with Crippen LogP contribution >= 0.6 is 0 Å². The van der Waals surface area contributed by atoms with Crippen molar-refractivity contribution in [1.29, 1.82) is 10.5 Å². The molecule has 0 bridgehead atoms. The number of nitriles is 2. The zero-order valence-electron chi connectivity index (χ0n) is 39.9. The van der Waals surface area contributed by atoms with E-state index >= 15 is 0 Å². The van der Waals surface area contributed by atoms with Gasteiger partial charge in [0.1, 0.15) is 12.1 Å². The third-order valence-electron chi connectivity index (χ3n) is 14.1. The van der Waals surface area contributed by atoms with E-state index < -0.39 is 0 Å². The molecule has 4 nitrogen and oxygen atoms in total. The maximum absolute atomic E-state index is 11.2. The van der Waals surface area contributed by atoms with Crippen molar-refractivity contribution in [3.05, 3.63) is 222 Å². The Labute approximate surface area is 407 Å². The van der Waals surface area contributed by atoms with E-state index in [1.807, 2.05) is 12.1 Å². The van der Waals surface area contributed by atoms with Crippen LogP contribution in [0.1, 0.15) is 63.8 Å². The minimum absolute atomic E-state index is 0.0581. The summed E-state index contributed by atoms with van der Waals surface area (Å²) in [5, 5.41) is 22.5. The monoisotopic (exact) mass is 886 g/mol. The van der Waals surface area contributed by atoms with Crippen LogP contribution in [0.4, 0.5) is 34.1 Å². The van der Waals surface area contributed by atoms with Crippen molar-refractivity contribution in [1.82, 2.24) is 0 Å². The summed E-state index contributed by atoms with van der Waals surface area (Å²) in [6.07, 6.45) is 0. The highest BCUT2D eigenvalue weighted by molar-refractivity contribution is 7.00. The van der Waals surface area contributed by atoms with Crippen LogP contribution in [0.2, 0.25) is 0 Å². The molecule has 330 valence electrons. The average Bonchev–Trinajstić information content (AvgIpc) is 3.38. The minimum Gasteiger partial charge on any atom is -0.310 e. The Kier molecular flexibility index (Phi) is 10.5. The van der Waals surface area contributed by atoms with Crippen LogP contribution in [0, 0.1) is 22.7 Å². The summed E-state index contributed by atoms with van der Waals surface area (Å²) in [5.41, 5.74) is 21.1. The molecule has 69 heavy (non-hydrogen) atoms. The number of rotatable bonds is 6. The Balaban J connectivity index is 1.16. The largest absolute Gasteiger partial charge is 0.310 e. The van der Waals surface area contributed by atoms with Crippen LogP contribution < -0.4 is 26.2 Å². The first-order valence-corrected chi connectivity index (χ1v) is 23.8. The van der Waals surface area contributed by atoms with Gasteiger partial charge in [-0.25, -0.2) is 0 Å². The van der Waals surface area contributed by atoms with Crippen molar-refractivity contribution in [2.45, 2.75) is 52.4 Å². The lowest BCUT2D eigenvalue weighted by atomic mass is 9.33. The number of nitrogens with zero attached hydrogens (tertiary/aromatic N) is 4. The van der Waals surface area contributed by atoms with Gasteiger partial charge in [-0.15, -0.1) is 0 Å². The summed E-state index contributed by atoms with van der Waals surface area (Å²) in [6.45, 7) is 13.1. The van der Waals surface area contributed by atoms with Gasteiger partial charge in [0, 0.05) is 22.7 Å². The third kappa shape index (κ3) is 7.58. The summed E-state index contributed by atoms with van der Waals surface area (Å²) in [4.78, 5) is 4.53. The smallest absolute Gasteiger partial charge is 0.252 e. The van der Waals surface area contributed by atoms with E-state index in [9.17, 15) is 10.5 Å². The second-order valence-electron chi connectivity index (χ2n) is 20.4. The van der Waals surface area contributed by atoms with E-state index in [0.29, 0.717) is 11.1 Å². The first kappa shape index (κ1) is 43.2. The maximum atomic E-state index is 11.2. The fraction of sp³-hybridized carbons (Fsp3) is 0.125. The molecule has 0 amide bonds. The van der Waals surface area contributed by atoms with Crippen LogP contribution in [0.25, 0.3) is 44.5 Å². The van der Waals surface area contributed by atoms with Gasteiger partial charge in [0.25, 0.3) is 6.71 Å². The first-order chi connectivity index (χ1) is 33.4. The number of fused-ring (bicyclic) bond motifs is 4. The quantitative estimate of drug-likeness (QED) is 0.156. The molecule has 0 fully saturated rings. The van der Waals surface area contributed by atoms with Gasteiger partial charge in [-0.3, -0.25) is 0 Å². The summed E-state index contributed by atoms with van der Waals surface area (Å²) in [5.74, 6) is 0. The van der Waals surface area contributed by atoms with Crippen LogP contribution in [0.15, 0.2) is 200 Å². The normalized spacial score (nSPS) is 12.7. The average molecular weight is 887 g/mol. The number of anilines is 6. The van der Waals surface area contributed by atoms with E-state index in [2.05, 4.69) is 245 Å². The number of benzene rings is 9. The van der Waals surface area contributed by atoms with Crippen molar-refractivity contribution in [3.8, 4) is 56.6 Å². The van der Waals surface area contributed by atoms with Crippen LogP contribution in [-0.2, 0) is 10.8 Å². The zero-order chi connectivity index (χ0) is 47.6. The van der Waals surface area contributed by atoms with Crippen LogP contribution in [0.3, 0.4) is 0 Å². The van der Waals surface area contributed by atoms with Gasteiger partial charge in [0.2, 0.25) is 0 Å². The lowest BCUT2D eigenvalue weighted by molar-refractivity contribution is 0.590. The van der Waals surface area contributed by atoms with E-state index in [4.69, 9.17) is 0 Å². The van der Waals surface area contributed by atoms with E-state index in [1.165, 1.54) is 11.1 Å². The zero-order valence-corrected chi connectivity index (χ0v) is 39.9. The fourth-order valence-corrected chi connectivity index (χ4v) is 10.4. The fourth-order valence-electron chi connectivity index (χ4n) is 10.4. The summed E-state index contributed by atoms with van der Waals surface area (Å²) < 4.78 is 0. The van der Waals surface area contributed by atoms with E-state index in [0.717, 1.165) is 95.0 Å². The first-order valence-electron chi connectivity index (χ1n) is 23.8. The Morgan fingerprint density at radius 1 is 0.362 bits per heavy atom. The van der Waals surface area contributed by atoms with Gasteiger partial charge >= 0.3 is 0 Å². The van der Waals surface area contributed by atoms with E-state index in [1.54, 1.807) is 6.07 Å². The molecule has 9 aromatic rings. The highest BCUT2D eigenvalue weighted by atomic mass is 15.2. The molecule has 5 heteroatoms. The van der Waals surface area contributed by atoms with Crippen molar-refractivity contribution < 1.29 is 0 Å². The lowest BCUT2D eigenvalue weighted by Gasteiger charge is -2.45. The number of hydrogen-bond donors (Lipinski definition) is 0. The predicted octanol–water partition coefficient (Wildman–Crippen LogP) is 14.8. The molecule has 0 saturated carbocycles. The molecular formula is C64H51BN4. The molecule has 2 aliphatic rings. The molecule has 0 N–H and O–H groups in total. The maximum Gasteiger partial charge on any atom is 0.252 e. The lowest BCUT2D eigenvalue weighted by Crippen LogP contribution is -2.62. The van der Waals surface area contributed by atoms with Crippen molar-refractivity contribution >= 4 is 57.2 Å². The van der Waals surface area contributed by atoms with Gasteiger partial charge < -0.3 is 9.80 Å². The Morgan fingerprint density at radius 2 is 0.681 bits per heavy atom. The van der Waals surface area contributed by atoms with Crippen molar-refractivity contribution in [2.75, 3.05) is 9.80 Å². The Bertz CT molecular complexity index is 3260. The molecule has 2 heterocycles. The Hall–Kier alpha value is -8.38. The van der Waals surface area contributed by atoms with Crippen LogP contribution in [-0.4, -0.2) is 6.71 Å². The molecule has 2 aliphatic heterocycles. The molecular weight excluding hydrogens is 836 g/mol. The van der Waals surface area contributed by atoms with E-state index in [-0.39, 0.29) is 17.5 Å². The molecule has 0 aromatic heterocycles. The second-order valence-corrected chi connectivity index (χ2v) is 20.4. The summed E-state index contributed by atoms with van der Waals surface area (Å²) in [6, 6.07) is 76.6. The van der Waals surface area contributed by atoms with Crippen LogP contribution in [0.5, 0.6) is 0 Å². The molecule has 0 spiro atoms. The Morgan fingerprint density at radius 3 is 1.01 bits per heavy atom. The SMILES string of the molecule is CC(C)(C)c1ccc(-c2ccc(N3c4ccc(-c5ccccc5)cc4B4c5cc(-c6ccccc6)ccc5N(c5ccc(-c6ccc(C(C)(C)C)cc6)cc5)c5c(C#N)cc(C#N)c3c54)cc2)cc1. The summed E-state index contributed by atoms with van der Waals surface area (Å²) in [7, 11) is 0. The van der Waals surface area contributed by atoms with Crippen molar-refractivity contribution in [2.24, 2.45) is 0 Å². The minimum atomic E-state index is -0.318.